The molecule has 4 nitrogen and oxygen atoms in total. The molecule has 1 amide bonds. The zero-order valence-electron chi connectivity index (χ0n) is 11.0. The van der Waals surface area contributed by atoms with E-state index in [4.69, 9.17) is 0 Å². The van der Waals surface area contributed by atoms with Crippen molar-refractivity contribution in [3.05, 3.63) is 35.6 Å². The Morgan fingerprint density at radius 2 is 2.05 bits per heavy atom. The fourth-order valence-electron chi connectivity index (χ4n) is 2.18. The second kappa shape index (κ2) is 5.67. The molecular weight excluding hydrogens is 247 g/mol. The van der Waals surface area contributed by atoms with Gasteiger partial charge in [0.1, 0.15) is 5.82 Å². The second-order valence-electron chi connectivity index (χ2n) is 5.13. The summed E-state index contributed by atoms with van der Waals surface area (Å²) in [6.07, 6.45) is 0.709. The van der Waals surface area contributed by atoms with Gasteiger partial charge in [0, 0.05) is 19.6 Å². The number of carbonyl (C=O) groups is 1. The van der Waals surface area contributed by atoms with Crippen molar-refractivity contribution in [3.63, 3.8) is 0 Å². The van der Waals surface area contributed by atoms with Gasteiger partial charge < -0.3 is 10.4 Å². The van der Waals surface area contributed by atoms with E-state index in [1.54, 1.807) is 12.1 Å². The molecular formula is C14H19FN2O2. The number of nitrogens with one attached hydrogen (secondary N) is 1. The number of nitrogens with zero attached hydrogens (tertiary/aromatic N) is 1. The Bertz CT molecular complexity index is 441. The number of aliphatic hydroxyl groups is 1. The Morgan fingerprint density at radius 1 is 1.42 bits per heavy atom. The van der Waals surface area contributed by atoms with Crippen molar-refractivity contribution in [3.8, 4) is 0 Å². The first kappa shape index (κ1) is 14.0. The highest BCUT2D eigenvalue weighted by molar-refractivity contribution is 5.78. The van der Waals surface area contributed by atoms with Crippen LogP contribution in [-0.4, -0.2) is 41.1 Å². The fraction of sp³-hybridized carbons (Fsp3) is 0.500. The molecule has 2 rings (SSSR count). The van der Waals surface area contributed by atoms with Crippen LogP contribution in [0.4, 0.5) is 4.39 Å². The molecule has 0 unspecified atom stereocenters. The lowest BCUT2D eigenvalue weighted by Crippen LogP contribution is -2.62. The van der Waals surface area contributed by atoms with E-state index < -0.39 is 5.60 Å². The van der Waals surface area contributed by atoms with Gasteiger partial charge in [-0.25, -0.2) is 4.39 Å². The highest BCUT2D eigenvalue weighted by atomic mass is 19.1. The standard InChI is InChI=1S/C14H19FN2O2/c1-2-14(19)9-17(10-14)8-13(18)16-7-11-3-5-12(15)6-4-11/h3-6,19H,2,7-10H2,1H3,(H,16,18). The molecule has 0 spiro atoms. The van der Waals surface area contributed by atoms with Gasteiger partial charge >= 0.3 is 0 Å². The minimum Gasteiger partial charge on any atom is -0.387 e. The van der Waals surface area contributed by atoms with E-state index in [0.717, 1.165) is 5.56 Å². The van der Waals surface area contributed by atoms with Crippen molar-refractivity contribution in [2.24, 2.45) is 0 Å². The van der Waals surface area contributed by atoms with Gasteiger partial charge in [0.15, 0.2) is 0 Å². The maximum absolute atomic E-state index is 12.7. The van der Waals surface area contributed by atoms with E-state index in [1.807, 2.05) is 11.8 Å². The number of halogens is 1. The van der Waals surface area contributed by atoms with Crippen LogP contribution in [0, 0.1) is 5.82 Å². The second-order valence-corrected chi connectivity index (χ2v) is 5.13. The molecule has 0 saturated carbocycles. The lowest BCUT2D eigenvalue weighted by atomic mass is 9.91. The summed E-state index contributed by atoms with van der Waals surface area (Å²) in [5.74, 6) is -0.364. The van der Waals surface area contributed by atoms with Gasteiger partial charge in [0.25, 0.3) is 0 Å². The summed E-state index contributed by atoms with van der Waals surface area (Å²) < 4.78 is 12.7. The third kappa shape index (κ3) is 3.75. The molecule has 0 aliphatic carbocycles. The average molecular weight is 266 g/mol. The summed E-state index contributed by atoms with van der Waals surface area (Å²) in [7, 11) is 0. The molecule has 104 valence electrons. The topological polar surface area (TPSA) is 52.6 Å². The van der Waals surface area contributed by atoms with E-state index in [-0.39, 0.29) is 11.7 Å². The molecule has 0 aromatic heterocycles. The number of hydrogen-bond donors (Lipinski definition) is 2. The predicted molar refractivity (Wildman–Crippen MR) is 69.9 cm³/mol. The first-order chi connectivity index (χ1) is 9.00. The zero-order valence-corrected chi connectivity index (χ0v) is 11.0. The van der Waals surface area contributed by atoms with Gasteiger partial charge in [-0.15, -0.1) is 0 Å². The predicted octanol–water partition coefficient (Wildman–Crippen LogP) is 0.899. The van der Waals surface area contributed by atoms with Crippen LogP contribution >= 0.6 is 0 Å². The first-order valence-corrected chi connectivity index (χ1v) is 6.47. The summed E-state index contributed by atoms with van der Waals surface area (Å²) in [4.78, 5) is 13.6. The summed E-state index contributed by atoms with van der Waals surface area (Å²) in [6.45, 7) is 3.72. The molecule has 1 heterocycles. The number of hydrogen-bond acceptors (Lipinski definition) is 3. The lowest BCUT2D eigenvalue weighted by molar-refractivity contribution is -0.133. The normalized spacial score (nSPS) is 17.8. The van der Waals surface area contributed by atoms with Crippen LogP contribution in [0.3, 0.4) is 0 Å². The SMILES string of the molecule is CCC1(O)CN(CC(=O)NCc2ccc(F)cc2)C1. The third-order valence-electron chi connectivity index (χ3n) is 3.46. The van der Waals surface area contributed by atoms with Crippen molar-refractivity contribution >= 4 is 5.91 Å². The minimum absolute atomic E-state index is 0.0810. The number of carbonyl (C=O) groups excluding carboxylic acids is 1. The van der Waals surface area contributed by atoms with Crippen LogP contribution in [0.1, 0.15) is 18.9 Å². The maximum Gasteiger partial charge on any atom is 0.234 e. The molecule has 0 bridgehead atoms. The molecule has 1 aliphatic rings. The quantitative estimate of drug-likeness (QED) is 0.832. The van der Waals surface area contributed by atoms with E-state index in [0.29, 0.717) is 32.6 Å². The number of rotatable bonds is 5. The number of β-amino-alcohol motifs (C(OH)–C–C–N with tert-alkyl or cyclic N) is 1. The van der Waals surface area contributed by atoms with E-state index in [2.05, 4.69) is 5.32 Å². The molecule has 1 aromatic rings. The van der Waals surface area contributed by atoms with Gasteiger partial charge in [0.05, 0.1) is 12.1 Å². The van der Waals surface area contributed by atoms with Gasteiger partial charge in [-0.1, -0.05) is 19.1 Å². The Morgan fingerprint density at radius 3 is 2.63 bits per heavy atom. The molecule has 5 heteroatoms. The summed E-state index contributed by atoms with van der Waals surface area (Å²) in [5.41, 5.74) is 0.250. The van der Waals surface area contributed by atoms with E-state index in [9.17, 15) is 14.3 Å². The molecule has 1 aromatic carbocycles. The largest absolute Gasteiger partial charge is 0.387 e. The van der Waals surface area contributed by atoms with Gasteiger partial charge in [0.2, 0.25) is 5.91 Å². The Hall–Kier alpha value is -1.46. The Kier molecular flexibility index (Phi) is 4.17. The van der Waals surface area contributed by atoms with Crippen molar-refractivity contribution in [1.82, 2.24) is 10.2 Å². The Balaban J connectivity index is 1.70. The van der Waals surface area contributed by atoms with Crippen LogP contribution in [0.2, 0.25) is 0 Å². The van der Waals surface area contributed by atoms with Crippen LogP contribution in [-0.2, 0) is 11.3 Å². The lowest BCUT2D eigenvalue weighted by Gasteiger charge is -2.45. The van der Waals surface area contributed by atoms with Gasteiger partial charge in [-0.05, 0) is 24.1 Å². The summed E-state index contributed by atoms with van der Waals surface area (Å²) in [6, 6.07) is 6.04. The fourth-order valence-corrected chi connectivity index (χ4v) is 2.18. The highest BCUT2D eigenvalue weighted by Gasteiger charge is 2.39. The summed E-state index contributed by atoms with van der Waals surface area (Å²) >= 11 is 0. The van der Waals surface area contributed by atoms with Crippen molar-refractivity contribution in [1.29, 1.82) is 0 Å². The number of likely N-dealkylation sites (tertiary alicyclic amines) is 1. The molecule has 19 heavy (non-hydrogen) atoms. The number of benzene rings is 1. The highest BCUT2D eigenvalue weighted by Crippen LogP contribution is 2.23. The summed E-state index contributed by atoms with van der Waals surface area (Å²) in [5, 5.41) is 12.6. The molecule has 1 saturated heterocycles. The van der Waals surface area contributed by atoms with Crippen molar-refractivity contribution in [2.75, 3.05) is 19.6 Å². The van der Waals surface area contributed by atoms with Crippen LogP contribution in [0.15, 0.2) is 24.3 Å². The van der Waals surface area contributed by atoms with Gasteiger partial charge in [-0.2, -0.15) is 0 Å². The first-order valence-electron chi connectivity index (χ1n) is 6.47. The molecule has 2 N–H and O–H groups in total. The smallest absolute Gasteiger partial charge is 0.234 e. The van der Waals surface area contributed by atoms with E-state index in [1.165, 1.54) is 12.1 Å². The third-order valence-corrected chi connectivity index (χ3v) is 3.46. The molecule has 0 radical (unpaired) electrons. The zero-order chi connectivity index (χ0) is 13.9. The molecule has 0 atom stereocenters. The monoisotopic (exact) mass is 266 g/mol. The van der Waals surface area contributed by atoms with E-state index >= 15 is 0 Å². The maximum atomic E-state index is 12.7. The van der Waals surface area contributed by atoms with Crippen molar-refractivity contribution < 1.29 is 14.3 Å². The van der Waals surface area contributed by atoms with Crippen LogP contribution in [0.5, 0.6) is 0 Å². The average Bonchev–Trinajstić information content (AvgIpc) is 2.36. The van der Waals surface area contributed by atoms with Crippen LogP contribution < -0.4 is 5.32 Å². The Labute approximate surface area is 112 Å². The number of amides is 1. The molecule has 1 fully saturated rings. The van der Waals surface area contributed by atoms with Crippen LogP contribution in [0.25, 0.3) is 0 Å². The molecule has 1 aliphatic heterocycles. The van der Waals surface area contributed by atoms with Crippen molar-refractivity contribution in [2.45, 2.75) is 25.5 Å². The van der Waals surface area contributed by atoms with Gasteiger partial charge in [-0.3, -0.25) is 9.69 Å². The minimum atomic E-state index is -0.614.